The second-order valence-corrected chi connectivity index (χ2v) is 5.25. The van der Waals surface area contributed by atoms with Crippen molar-refractivity contribution in [1.82, 2.24) is 5.32 Å². The number of ether oxygens (including phenoxy) is 1. The van der Waals surface area contributed by atoms with Crippen molar-refractivity contribution in [3.05, 3.63) is 71.8 Å². The molecule has 0 spiro atoms. The molecule has 0 aromatic heterocycles. The molecule has 2 rings (SSSR count). The topological polar surface area (TPSA) is 55.4 Å². The van der Waals surface area contributed by atoms with Gasteiger partial charge in [-0.15, -0.1) is 0 Å². The van der Waals surface area contributed by atoms with Crippen LogP contribution in [0.25, 0.3) is 0 Å². The van der Waals surface area contributed by atoms with Gasteiger partial charge in [-0.1, -0.05) is 55.5 Å². The average Bonchev–Trinajstić information content (AvgIpc) is 2.60. The zero-order valence-corrected chi connectivity index (χ0v) is 13.2. The number of benzene rings is 2. The number of rotatable bonds is 7. The van der Waals surface area contributed by atoms with Crippen LogP contribution in [0.5, 0.6) is 0 Å². The Morgan fingerprint density at radius 3 is 2.22 bits per heavy atom. The first-order valence-corrected chi connectivity index (χ1v) is 7.77. The first kappa shape index (κ1) is 16.7. The summed E-state index contributed by atoms with van der Waals surface area (Å²) in [6.07, 6.45) is 1.15. The van der Waals surface area contributed by atoms with Crippen LogP contribution in [0.2, 0.25) is 0 Å². The minimum absolute atomic E-state index is 0.278. The van der Waals surface area contributed by atoms with Crippen molar-refractivity contribution in [2.24, 2.45) is 0 Å². The summed E-state index contributed by atoms with van der Waals surface area (Å²) in [6, 6.07) is 17.7. The maximum Gasteiger partial charge on any atom is 0.328 e. The largest absolute Gasteiger partial charge is 0.464 e. The Morgan fingerprint density at radius 1 is 1.00 bits per heavy atom. The van der Waals surface area contributed by atoms with E-state index in [0.29, 0.717) is 18.6 Å². The summed E-state index contributed by atoms with van der Waals surface area (Å²) >= 11 is 0. The molecule has 2 aromatic rings. The van der Waals surface area contributed by atoms with Crippen molar-refractivity contribution in [3.63, 3.8) is 0 Å². The number of nitrogens with one attached hydrogen (secondary N) is 1. The van der Waals surface area contributed by atoms with Gasteiger partial charge < -0.3 is 10.1 Å². The van der Waals surface area contributed by atoms with E-state index < -0.39 is 12.0 Å². The molecule has 0 radical (unpaired) electrons. The lowest BCUT2D eigenvalue weighted by atomic mass is 10.1. The van der Waals surface area contributed by atoms with E-state index in [4.69, 9.17) is 4.74 Å². The Morgan fingerprint density at radius 2 is 1.61 bits per heavy atom. The molecule has 0 aliphatic rings. The van der Waals surface area contributed by atoms with Gasteiger partial charge in [0.1, 0.15) is 6.04 Å². The Kier molecular flexibility index (Phi) is 6.36. The zero-order valence-electron chi connectivity index (χ0n) is 13.2. The average molecular weight is 311 g/mol. The van der Waals surface area contributed by atoms with E-state index >= 15 is 0 Å². The van der Waals surface area contributed by atoms with E-state index in [9.17, 15) is 9.59 Å². The van der Waals surface area contributed by atoms with Gasteiger partial charge in [0.25, 0.3) is 5.91 Å². The molecule has 1 atom stereocenters. The molecular weight excluding hydrogens is 290 g/mol. The number of amides is 1. The molecule has 0 aliphatic carbocycles. The third-order valence-electron chi connectivity index (χ3n) is 3.36. The van der Waals surface area contributed by atoms with Crippen LogP contribution in [0.1, 0.15) is 29.3 Å². The smallest absolute Gasteiger partial charge is 0.328 e. The Bertz CT molecular complexity index is 626. The number of carbonyl (C=O) groups excluding carboxylic acids is 2. The number of esters is 1. The summed E-state index contributed by atoms with van der Waals surface area (Å²) in [7, 11) is 0. The van der Waals surface area contributed by atoms with Gasteiger partial charge >= 0.3 is 5.97 Å². The molecule has 0 heterocycles. The Labute approximate surface area is 136 Å². The standard InChI is InChI=1S/C19H21NO3/c1-2-13-23-19(22)17(14-15-9-5-3-6-10-15)20-18(21)16-11-7-4-8-12-16/h3-12,17H,2,13-14H2,1H3,(H,20,21). The molecule has 0 saturated carbocycles. The monoisotopic (exact) mass is 311 g/mol. The Hall–Kier alpha value is -2.62. The molecule has 23 heavy (non-hydrogen) atoms. The van der Waals surface area contributed by atoms with E-state index in [2.05, 4.69) is 5.32 Å². The normalized spacial score (nSPS) is 11.5. The maximum atomic E-state index is 12.3. The fourth-order valence-electron chi connectivity index (χ4n) is 2.18. The van der Waals surface area contributed by atoms with E-state index in [1.807, 2.05) is 43.3 Å². The maximum absolute atomic E-state index is 12.3. The van der Waals surface area contributed by atoms with Crippen LogP contribution in [0.3, 0.4) is 0 Å². The lowest BCUT2D eigenvalue weighted by Gasteiger charge is -2.18. The van der Waals surface area contributed by atoms with Gasteiger partial charge in [-0.2, -0.15) is 0 Å². The third kappa shape index (κ3) is 5.25. The van der Waals surface area contributed by atoms with Crippen molar-refractivity contribution < 1.29 is 14.3 Å². The van der Waals surface area contributed by atoms with Gasteiger partial charge in [0.05, 0.1) is 6.61 Å². The van der Waals surface area contributed by atoms with Crippen LogP contribution >= 0.6 is 0 Å². The van der Waals surface area contributed by atoms with E-state index in [-0.39, 0.29) is 5.91 Å². The number of hydrogen-bond donors (Lipinski definition) is 1. The highest BCUT2D eigenvalue weighted by molar-refractivity contribution is 5.96. The highest BCUT2D eigenvalue weighted by Crippen LogP contribution is 2.07. The summed E-state index contributed by atoms with van der Waals surface area (Å²) in [5, 5.41) is 2.78. The molecular formula is C19H21NO3. The fraction of sp³-hybridized carbons (Fsp3) is 0.263. The molecule has 1 N–H and O–H groups in total. The van der Waals surface area contributed by atoms with Gasteiger partial charge in [-0.05, 0) is 24.1 Å². The molecule has 0 fully saturated rings. The van der Waals surface area contributed by atoms with E-state index in [1.165, 1.54) is 0 Å². The molecule has 2 aromatic carbocycles. The highest BCUT2D eigenvalue weighted by atomic mass is 16.5. The lowest BCUT2D eigenvalue weighted by molar-refractivity contribution is -0.145. The predicted molar refractivity (Wildman–Crippen MR) is 89.1 cm³/mol. The summed E-state index contributed by atoms with van der Waals surface area (Å²) in [5.74, 6) is -0.681. The van der Waals surface area contributed by atoms with Gasteiger partial charge in [0.2, 0.25) is 0 Å². The number of hydrogen-bond acceptors (Lipinski definition) is 3. The molecule has 0 saturated heterocycles. The van der Waals surface area contributed by atoms with Crippen LogP contribution in [0, 0.1) is 0 Å². The third-order valence-corrected chi connectivity index (χ3v) is 3.36. The van der Waals surface area contributed by atoms with Crippen molar-refractivity contribution in [3.8, 4) is 0 Å². The SMILES string of the molecule is CCCOC(=O)C(Cc1ccccc1)NC(=O)c1ccccc1. The minimum Gasteiger partial charge on any atom is -0.464 e. The molecule has 1 amide bonds. The van der Waals surface area contributed by atoms with Gasteiger partial charge in [-0.3, -0.25) is 4.79 Å². The summed E-state index contributed by atoms with van der Waals surface area (Å²) in [5.41, 5.74) is 1.49. The van der Waals surface area contributed by atoms with Crippen LogP contribution in [-0.4, -0.2) is 24.5 Å². The quantitative estimate of drug-likeness (QED) is 0.800. The van der Waals surface area contributed by atoms with Crippen LogP contribution in [-0.2, 0) is 16.0 Å². The number of carbonyl (C=O) groups is 2. The zero-order chi connectivity index (χ0) is 16.5. The predicted octanol–water partition coefficient (Wildman–Crippen LogP) is 2.98. The molecule has 1 unspecified atom stereocenters. The second-order valence-electron chi connectivity index (χ2n) is 5.25. The van der Waals surface area contributed by atoms with Crippen molar-refractivity contribution in [2.45, 2.75) is 25.8 Å². The first-order valence-electron chi connectivity index (χ1n) is 7.77. The van der Waals surface area contributed by atoms with E-state index in [1.54, 1.807) is 24.3 Å². The van der Waals surface area contributed by atoms with Gasteiger partial charge in [0, 0.05) is 12.0 Å². The van der Waals surface area contributed by atoms with E-state index in [0.717, 1.165) is 12.0 Å². The minimum atomic E-state index is -0.698. The lowest BCUT2D eigenvalue weighted by Crippen LogP contribution is -2.43. The van der Waals surface area contributed by atoms with Crippen LogP contribution in [0.15, 0.2) is 60.7 Å². The Balaban J connectivity index is 2.09. The summed E-state index contributed by atoms with van der Waals surface area (Å²) < 4.78 is 5.21. The highest BCUT2D eigenvalue weighted by Gasteiger charge is 2.23. The molecule has 0 bridgehead atoms. The van der Waals surface area contributed by atoms with Gasteiger partial charge in [0.15, 0.2) is 0 Å². The van der Waals surface area contributed by atoms with Crippen LogP contribution in [0.4, 0.5) is 0 Å². The fourth-order valence-corrected chi connectivity index (χ4v) is 2.18. The van der Waals surface area contributed by atoms with Crippen molar-refractivity contribution >= 4 is 11.9 Å². The van der Waals surface area contributed by atoms with Crippen LogP contribution < -0.4 is 5.32 Å². The summed E-state index contributed by atoms with van der Waals surface area (Å²) in [4.78, 5) is 24.5. The molecule has 4 nitrogen and oxygen atoms in total. The second kappa shape index (κ2) is 8.73. The van der Waals surface area contributed by atoms with Gasteiger partial charge in [-0.25, -0.2) is 4.79 Å². The molecule has 4 heteroatoms. The first-order chi connectivity index (χ1) is 11.2. The summed E-state index contributed by atoms with van der Waals surface area (Å²) in [6.45, 7) is 2.29. The molecule has 0 aliphatic heterocycles. The van der Waals surface area contributed by atoms with Crippen molar-refractivity contribution in [2.75, 3.05) is 6.61 Å². The molecule has 120 valence electrons. The van der Waals surface area contributed by atoms with Crippen molar-refractivity contribution in [1.29, 1.82) is 0 Å².